The molecule has 0 bridgehead atoms. The summed E-state index contributed by atoms with van der Waals surface area (Å²) in [6, 6.07) is 18.9. The van der Waals surface area contributed by atoms with Crippen molar-refractivity contribution in [3.63, 3.8) is 0 Å². The lowest BCUT2D eigenvalue weighted by Crippen LogP contribution is -2.11. The Morgan fingerprint density at radius 2 is 1.79 bits per heavy atom. The molecule has 0 saturated heterocycles. The summed E-state index contributed by atoms with van der Waals surface area (Å²) in [5, 5.41) is 10.0. The molecule has 8 heteroatoms. The number of para-hydroxylation sites is 1. The number of benzene rings is 2. The molecule has 4 aromatic rings. The number of halogens is 1. The lowest BCUT2D eigenvalue weighted by atomic mass is 10.1. The molecule has 0 saturated carbocycles. The number of unbranched alkanes of at least 4 members (excludes halogenated alkanes) is 3. The topological polar surface area (TPSA) is 73.4 Å². The highest BCUT2D eigenvalue weighted by Crippen LogP contribution is 2.38. The predicted molar refractivity (Wildman–Crippen MR) is 136 cm³/mol. The normalized spacial score (nSPS) is 12.4. The second-order valence-electron chi connectivity index (χ2n) is 7.87. The highest BCUT2D eigenvalue weighted by Gasteiger charge is 2.24. The Morgan fingerprint density at radius 1 is 0.912 bits per heavy atom. The Balaban J connectivity index is 1.46. The Bertz CT molecular complexity index is 1340. The fraction of sp³-hybridized carbons (Fsp3) is 0.231. The van der Waals surface area contributed by atoms with E-state index in [4.69, 9.17) is 25.7 Å². The van der Waals surface area contributed by atoms with E-state index in [1.165, 1.54) is 19.3 Å². The van der Waals surface area contributed by atoms with Crippen molar-refractivity contribution in [3.8, 4) is 28.5 Å². The highest BCUT2D eigenvalue weighted by atomic mass is 35.5. The lowest BCUT2D eigenvalue weighted by molar-refractivity contribution is 0.482. The van der Waals surface area contributed by atoms with Gasteiger partial charge in [-0.1, -0.05) is 79.9 Å². The van der Waals surface area contributed by atoms with Crippen LogP contribution in [0.4, 0.5) is 5.69 Å². The fourth-order valence-corrected chi connectivity index (χ4v) is 4.61. The summed E-state index contributed by atoms with van der Waals surface area (Å²) < 4.78 is 12.3. The number of aliphatic imine (C=N–C) groups is 1. The quantitative estimate of drug-likeness (QED) is 0.187. The highest BCUT2D eigenvalue weighted by molar-refractivity contribution is 7.99. The zero-order valence-electron chi connectivity index (χ0n) is 18.7. The maximum Gasteiger partial charge on any atom is 0.265 e. The van der Waals surface area contributed by atoms with Crippen LogP contribution in [0.2, 0.25) is 5.02 Å². The van der Waals surface area contributed by atoms with Crippen molar-refractivity contribution in [1.29, 1.82) is 0 Å². The Morgan fingerprint density at radius 3 is 2.68 bits per heavy atom. The summed E-state index contributed by atoms with van der Waals surface area (Å²) >= 11 is 7.74. The number of hydrogen-bond donors (Lipinski definition) is 0. The third-order valence-electron chi connectivity index (χ3n) is 5.36. The van der Waals surface area contributed by atoms with Crippen LogP contribution in [0.15, 0.2) is 75.2 Å². The predicted octanol–water partition coefficient (Wildman–Crippen LogP) is 7.60. The summed E-state index contributed by atoms with van der Waals surface area (Å²) in [7, 11) is 0. The van der Waals surface area contributed by atoms with E-state index in [0.717, 1.165) is 23.3 Å². The van der Waals surface area contributed by atoms with Crippen molar-refractivity contribution >= 4 is 34.9 Å². The molecule has 0 radical (unpaired) electrons. The molecule has 1 aliphatic rings. The monoisotopic (exact) mass is 490 g/mol. The summed E-state index contributed by atoms with van der Waals surface area (Å²) in [6.07, 6.45) is 4.77. The third kappa shape index (κ3) is 5.00. The van der Waals surface area contributed by atoms with E-state index < -0.39 is 0 Å². The number of ether oxygens (including phenoxy) is 1. The van der Waals surface area contributed by atoms with Crippen molar-refractivity contribution in [3.05, 3.63) is 71.4 Å². The fourth-order valence-electron chi connectivity index (χ4n) is 3.64. The van der Waals surface area contributed by atoms with Crippen LogP contribution in [0, 0.1) is 0 Å². The van der Waals surface area contributed by atoms with Crippen molar-refractivity contribution in [1.82, 2.24) is 15.2 Å². The average molecular weight is 491 g/mol. The lowest BCUT2D eigenvalue weighted by Gasteiger charge is -2.08. The minimum atomic E-state index is 0.318. The number of furan rings is 1. The van der Waals surface area contributed by atoms with Crippen LogP contribution in [-0.4, -0.2) is 26.8 Å². The molecule has 0 N–H and O–H groups in total. The molecule has 3 heterocycles. The number of fused-ring (bicyclic) bond motifs is 3. The van der Waals surface area contributed by atoms with Crippen molar-refractivity contribution in [2.24, 2.45) is 4.99 Å². The molecule has 0 spiro atoms. The molecular weight excluding hydrogens is 468 g/mol. The average Bonchev–Trinajstić information content (AvgIpc) is 3.28. The van der Waals surface area contributed by atoms with Crippen LogP contribution < -0.4 is 4.74 Å². The molecule has 1 aliphatic heterocycles. The molecule has 34 heavy (non-hydrogen) atoms. The van der Waals surface area contributed by atoms with Crippen LogP contribution in [0.25, 0.3) is 22.6 Å². The van der Waals surface area contributed by atoms with E-state index in [2.05, 4.69) is 22.1 Å². The molecule has 5 rings (SSSR count). The van der Waals surface area contributed by atoms with Gasteiger partial charge in [0, 0.05) is 21.9 Å². The minimum absolute atomic E-state index is 0.318. The van der Waals surface area contributed by atoms with E-state index in [1.54, 1.807) is 11.8 Å². The second kappa shape index (κ2) is 10.4. The molecule has 172 valence electrons. The number of nitrogens with zero attached hydrogens (tertiary/aromatic N) is 4. The molecule has 6 nitrogen and oxygen atoms in total. The maximum atomic E-state index is 6.19. The number of thioether (sulfide) groups is 1. The summed E-state index contributed by atoms with van der Waals surface area (Å²) in [5.41, 5.74) is 2.97. The van der Waals surface area contributed by atoms with Gasteiger partial charge in [0.1, 0.15) is 5.76 Å². The maximum absolute atomic E-state index is 6.19. The Labute approximate surface area is 207 Å². The zero-order chi connectivity index (χ0) is 23.3. The van der Waals surface area contributed by atoms with E-state index in [0.29, 0.717) is 44.9 Å². The first kappa shape index (κ1) is 22.6. The molecule has 0 atom stereocenters. The summed E-state index contributed by atoms with van der Waals surface area (Å²) in [5.74, 6) is 2.80. The van der Waals surface area contributed by atoms with Gasteiger partial charge in [-0.05, 0) is 36.8 Å². The van der Waals surface area contributed by atoms with Crippen LogP contribution in [-0.2, 0) is 0 Å². The van der Waals surface area contributed by atoms with Crippen molar-refractivity contribution in [2.45, 2.75) is 37.8 Å². The van der Waals surface area contributed by atoms with Crippen LogP contribution in [0.3, 0.4) is 0 Å². The number of aromatic nitrogens is 3. The smallest absolute Gasteiger partial charge is 0.265 e. The number of rotatable bonds is 8. The van der Waals surface area contributed by atoms with Crippen LogP contribution in [0.1, 0.15) is 38.4 Å². The summed E-state index contributed by atoms with van der Waals surface area (Å²) in [6.45, 7) is 2.21. The Kier molecular flexibility index (Phi) is 6.92. The number of hydrogen-bond acceptors (Lipinski definition) is 7. The van der Waals surface area contributed by atoms with E-state index >= 15 is 0 Å². The second-order valence-corrected chi connectivity index (χ2v) is 9.37. The molecule has 0 fully saturated rings. The van der Waals surface area contributed by atoms with Crippen molar-refractivity contribution < 1.29 is 9.15 Å². The van der Waals surface area contributed by atoms with Crippen LogP contribution >= 0.6 is 23.4 Å². The van der Waals surface area contributed by atoms with Gasteiger partial charge >= 0.3 is 0 Å². The molecule has 0 amide bonds. The standard InChI is InChI=1S/C26H23ClN4O2S/c1-2-3-4-7-15-34-26-29-25-23(30-31-26)19-11-5-6-12-20(19)28-24(33-25)22-14-13-21(32-22)17-9-8-10-18(27)16-17/h5-6,8-14,16H,2-4,7,15H2,1H3. The first-order valence-electron chi connectivity index (χ1n) is 11.3. The first-order valence-corrected chi connectivity index (χ1v) is 12.7. The molecule has 2 aromatic heterocycles. The molecule has 0 unspecified atom stereocenters. The van der Waals surface area contributed by atoms with Gasteiger partial charge in [-0.2, -0.15) is 4.98 Å². The molecule has 2 aromatic carbocycles. The van der Waals surface area contributed by atoms with E-state index in [1.807, 2.05) is 60.7 Å². The van der Waals surface area contributed by atoms with Gasteiger partial charge in [-0.3, -0.25) is 0 Å². The summed E-state index contributed by atoms with van der Waals surface area (Å²) in [4.78, 5) is 9.40. The zero-order valence-corrected chi connectivity index (χ0v) is 20.3. The molecular formula is C26H23ClN4O2S. The third-order valence-corrected chi connectivity index (χ3v) is 6.52. The van der Waals surface area contributed by atoms with Gasteiger partial charge in [0.15, 0.2) is 11.5 Å². The van der Waals surface area contributed by atoms with E-state index in [9.17, 15) is 0 Å². The van der Waals surface area contributed by atoms with E-state index in [-0.39, 0.29) is 0 Å². The van der Waals surface area contributed by atoms with Gasteiger partial charge in [0.25, 0.3) is 11.8 Å². The van der Waals surface area contributed by atoms with Gasteiger partial charge in [-0.15, -0.1) is 10.2 Å². The first-order chi connectivity index (χ1) is 16.7. The van der Waals surface area contributed by atoms with Gasteiger partial charge in [0.05, 0.1) is 5.69 Å². The van der Waals surface area contributed by atoms with Gasteiger partial charge < -0.3 is 9.15 Å². The van der Waals surface area contributed by atoms with Gasteiger partial charge in [-0.25, -0.2) is 4.99 Å². The molecule has 0 aliphatic carbocycles. The Hall–Kier alpha value is -3.16. The van der Waals surface area contributed by atoms with Gasteiger partial charge in [0.2, 0.25) is 5.16 Å². The van der Waals surface area contributed by atoms with Crippen LogP contribution in [0.5, 0.6) is 5.88 Å². The SMILES string of the molecule is CCCCCCSc1nnc2c(n1)OC(c1ccc(-c3cccc(Cl)c3)o1)=Nc1ccccc1-2. The minimum Gasteiger partial charge on any atom is -0.451 e. The van der Waals surface area contributed by atoms with Crippen molar-refractivity contribution in [2.75, 3.05) is 5.75 Å². The largest absolute Gasteiger partial charge is 0.451 e.